The lowest BCUT2D eigenvalue weighted by atomic mass is 10.1. The molecule has 20 heavy (non-hydrogen) atoms. The highest BCUT2D eigenvalue weighted by Gasteiger charge is 2.17. The lowest BCUT2D eigenvalue weighted by Crippen LogP contribution is -2.36. The summed E-state index contributed by atoms with van der Waals surface area (Å²) in [6, 6.07) is 9.64. The zero-order valence-electron chi connectivity index (χ0n) is 11.5. The molecule has 2 N–H and O–H groups in total. The van der Waals surface area contributed by atoms with Gasteiger partial charge < -0.3 is 10.6 Å². The van der Waals surface area contributed by atoms with Gasteiger partial charge in [-0.2, -0.15) is 0 Å². The van der Waals surface area contributed by atoms with Gasteiger partial charge in [0.05, 0.1) is 23.3 Å². The molecule has 1 saturated heterocycles. The number of carbonyl (C=O) groups is 1. The van der Waals surface area contributed by atoms with Crippen molar-refractivity contribution >= 4 is 22.5 Å². The summed E-state index contributed by atoms with van der Waals surface area (Å²) in [6.45, 7) is 1.77. The normalized spacial score (nSPS) is 15.5. The molecule has 1 aromatic heterocycles. The van der Waals surface area contributed by atoms with Crippen molar-refractivity contribution in [2.75, 3.05) is 18.8 Å². The number of carbonyl (C=O) groups excluding carboxylic acids is 1. The van der Waals surface area contributed by atoms with Crippen molar-refractivity contribution in [1.29, 1.82) is 0 Å². The second-order valence-electron chi connectivity index (χ2n) is 5.34. The number of aromatic nitrogens is 1. The van der Waals surface area contributed by atoms with Crippen LogP contribution in [0.25, 0.3) is 10.9 Å². The van der Waals surface area contributed by atoms with Crippen molar-refractivity contribution in [3.8, 4) is 0 Å². The van der Waals surface area contributed by atoms with Gasteiger partial charge >= 0.3 is 0 Å². The van der Waals surface area contributed by atoms with Crippen molar-refractivity contribution in [2.45, 2.75) is 25.7 Å². The van der Waals surface area contributed by atoms with E-state index in [9.17, 15) is 4.79 Å². The Bertz CT molecular complexity index is 633. The van der Waals surface area contributed by atoms with Crippen LogP contribution in [0.5, 0.6) is 0 Å². The number of nitrogens with zero attached hydrogens (tertiary/aromatic N) is 2. The minimum absolute atomic E-state index is 0.172. The van der Waals surface area contributed by atoms with Crippen LogP contribution in [0, 0.1) is 0 Å². The number of anilines is 1. The van der Waals surface area contributed by atoms with Crippen LogP contribution in [0.1, 0.15) is 25.0 Å². The number of nitrogens with two attached hydrogens (primary N) is 1. The molecule has 0 radical (unpaired) electrons. The van der Waals surface area contributed by atoms with Crippen molar-refractivity contribution in [1.82, 2.24) is 9.88 Å². The molecular formula is C16H19N3O. The monoisotopic (exact) mass is 269 g/mol. The molecule has 1 aliphatic rings. The number of hydrogen-bond donors (Lipinski definition) is 1. The number of nitrogen functional groups attached to an aromatic ring is 1. The Morgan fingerprint density at radius 1 is 1.15 bits per heavy atom. The highest BCUT2D eigenvalue weighted by Crippen LogP contribution is 2.19. The lowest BCUT2D eigenvalue weighted by Gasteiger charge is -2.26. The average molecular weight is 269 g/mol. The molecule has 0 atom stereocenters. The fourth-order valence-corrected chi connectivity index (χ4v) is 2.72. The average Bonchev–Trinajstić information content (AvgIpc) is 2.49. The molecule has 104 valence electrons. The molecule has 1 aromatic carbocycles. The minimum atomic E-state index is 0.172. The van der Waals surface area contributed by atoms with Gasteiger partial charge in [-0.1, -0.05) is 18.2 Å². The van der Waals surface area contributed by atoms with Gasteiger partial charge in [0.2, 0.25) is 5.91 Å². The minimum Gasteiger partial charge on any atom is -0.397 e. The summed E-state index contributed by atoms with van der Waals surface area (Å²) in [7, 11) is 0. The molecule has 0 aliphatic carbocycles. The molecule has 3 rings (SSSR count). The number of amides is 1. The van der Waals surface area contributed by atoms with Crippen molar-refractivity contribution in [3.63, 3.8) is 0 Å². The van der Waals surface area contributed by atoms with E-state index < -0.39 is 0 Å². The second kappa shape index (κ2) is 5.49. The van der Waals surface area contributed by atoms with Gasteiger partial charge in [-0.15, -0.1) is 0 Å². The van der Waals surface area contributed by atoms with Crippen LogP contribution in [-0.2, 0) is 11.2 Å². The zero-order chi connectivity index (χ0) is 13.9. The third-order valence-corrected chi connectivity index (χ3v) is 3.85. The maximum absolute atomic E-state index is 12.2. The van der Waals surface area contributed by atoms with Crippen molar-refractivity contribution in [2.24, 2.45) is 0 Å². The van der Waals surface area contributed by atoms with Crippen molar-refractivity contribution in [3.05, 3.63) is 36.0 Å². The van der Waals surface area contributed by atoms with Gasteiger partial charge in [0.1, 0.15) is 0 Å². The fraction of sp³-hybridized carbons (Fsp3) is 0.375. The summed E-state index contributed by atoms with van der Waals surface area (Å²) in [5, 5.41) is 1.01. The van der Waals surface area contributed by atoms with E-state index in [0.717, 1.165) is 42.5 Å². The van der Waals surface area contributed by atoms with Crippen molar-refractivity contribution < 1.29 is 4.79 Å². The Morgan fingerprint density at radius 3 is 2.75 bits per heavy atom. The first kappa shape index (κ1) is 12.9. The highest BCUT2D eigenvalue weighted by molar-refractivity contribution is 5.89. The molecule has 0 bridgehead atoms. The summed E-state index contributed by atoms with van der Waals surface area (Å²) in [5.41, 5.74) is 8.19. The van der Waals surface area contributed by atoms with E-state index in [2.05, 4.69) is 4.98 Å². The molecule has 0 unspecified atom stereocenters. The molecule has 1 amide bonds. The molecule has 0 spiro atoms. The maximum atomic E-state index is 12.2. The van der Waals surface area contributed by atoms with E-state index in [1.54, 1.807) is 0 Å². The predicted molar refractivity (Wildman–Crippen MR) is 80.3 cm³/mol. The molecule has 0 saturated carbocycles. The molecule has 4 heteroatoms. The molecule has 1 fully saturated rings. The van der Waals surface area contributed by atoms with Gasteiger partial charge in [-0.25, -0.2) is 0 Å². The molecular weight excluding hydrogens is 250 g/mol. The first-order valence-corrected chi connectivity index (χ1v) is 7.16. The van der Waals surface area contributed by atoms with Crippen LogP contribution in [0.3, 0.4) is 0 Å². The van der Waals surface area contributed by atoms with Crippen LogP contribution in [0.15, 0.2) is 30.3 Å². The molecule has 2 aromatic rings. The van der Waals surface area contributed by atoms with E-state index in [0.29, 0.717) is 12.1 Å². The molecule has 1 aliphatic heterocycles. The number of pyridine rings is 1. The summed E-state index contributed by atoms with van der Waals surface area (Å²) in [6.07, 6.45) is 3.83. The van der Waals surface area contributed by atoms with Gasteiger partial charge in [0.15, 0.2) is 0 Å². The van der Waals surface area contributed by atoms with Crippen LogP contribution >= 0.6 is 0 Å². The highest BCUT2D eigenvalue weighted by atomic mass is 16.2. The number of rotatable bonds is 2. The Labute approximate surface area is 118 Å². The predicted octanol–water partition coefficient (Wildman–Crippen LogP) is 2.37. The number of hydrogen-bond acceptors (Lipinski definition) is 3. The van der Waals surface area contributed by atoms with Gasteiger partial charge in [-0.3, -0.25) is 9.78 Å². The first-order valence-electron chi connectivity index (χ1n) is 7.16. The first-order chi connectivity index (χ1) is 9.74. The van der Waals surface area contributed by atoms with E-state index in [-0.39, 0.29) is 5.91 Å². The molecule has 2 heterocycles. The maximum Gasteiger partial charge on any atom is 0.228 e. The lowest BCUT2D eigenvalue weighted by molar-refractivity contribution is -0.131. The van der Waals surface area contributed by atoms with E-state index in [1.165, 1.54) is 6.42 Å². The summed E-state index contributed by atoms with van der Waals surface area (Å²) in [5.74, 6) is 0.172. The van der Waals surface area contributed by atoms with E-state index in [1.807, 2.05) is 35.2 Å². The number of likely N-dealkylation sites (tertiary alicyclic amines) is 1. The van der Waals surface area contributed by atoms with Crippen LogP contribution in [0.2, 0.25) is 0 Å². The summed E-state index contributed by atoms with van der Waals surface area (Å²) >= 11 is 0. The third kappa shape index (κ3) is 2.59. The smallest absolute Gasteiger partial charge is 0.228 e. The zero-order valence-corrected chi connectivity index (χ0v) is 11.5. The second-order valence-corrected chi connectivity index (χ2v) is 5.34. The Morgan fingerprint density at radius 2 is 1.95 bits per heavy atom. The van der Waals surface area contributed by atoms with Gasteiger partial charge in [0, 0.05) is 18.5 Å². The summed E-state index contributed by atoms with van der Waals surface area (Å²) < 4.78 is 0. The van der Waals surface area contributed by atoms with E-state index in [4.69, 9.17) is 5.73 Å². The topological polar surface area (TPSA) is 59.2 Å². The van der Waals surface area contributed by atoms with Gasteiger partial charge in [-0.05, 0) is 31.4 Å². The molecule has 4 nitrogen and oxygen atoms in total. The largest absolute Gasteiger partial charge is 0.397 e. The van der Waals surface area contributed by atoms with E-state index >= 15 is 0 Å². The SMILES string of the molecule is Nc1cccc2ccc(CC(=O)N3CCCCC3)nc12. The van der Waals surface area contributed by atoms with Crippen LogP contribution in [-0.4, -0.2) is 28.9 Å². The fourth-order valence-electron chi connectivity index (χ4n) is 2.72. The summed E-state index contributed by atoms with van der Waals surface area (Å²) in [4.78, 5) is 18.7. The third-order valence-electron chi connectivity index (χ3n) is 3.85. The number of piperidine rings is 1. The standard InChI is InChI=1S/C16H19N3O/c17-14-6-4-5-12-7-8-13(18-16(12)14)11-15(20)19-9-2-1-3-10-19/h4-8H,1-3,9-11,17H2. The number of fused-ring (bicyclic) bond motifs is 1. The number of para-hydroxylation sites is 1. The van der Waals surface area contributed by atoms with Gasteiger partial charge in [0.25, 0.3) is 0 Å². The van der Waals surface area contributed by atoms with Crippen LogP contribution < -0.4 is 5.73 Å². The Kier molecular flexibility index (Phi) is 3.54. The van der Waals surface area contributed by atoms with Crippen LogP contribution in [0.4, 0.5) is 5.69 Å². The number of benzene rings is 1. The Balaban J connectivity index is 1.80. The quantitative estimate of drug-likeness (QED) is 0.851. The Hall–Kier alpha value is -2.10.